The van der Waals surface area contributed by atoms with Gasteiger partial charge in [-0.05, 0) is 42.4 Å². The third-order valence-corrected chi connectivity index (χ3v) is 5.98. The molecule has 1 fully saturated rings. The number of likely N-dealkylation sites (N-methyl/N-ethyl adjacent to an activating group) is 1. The van der Waals surface area contributed by atoms with E-state index in [2.05, 4.69) is 79.5 Å². The maximum Gasteiger partial charge on any atom is 0.220 e. The van der Waals surface area contributed by atoms with Crippen molar-refractivity contribution in [2.45, 2.75) is 6.54 Å². The zero-order chi connectivity index (χ0) is 21.9. The molecule has 1 aliphatic rings. The van der Waals surface area contributed by atoms with Gasteiger partial charge in [0, 0.05) is 49.9 Å². The van der Waals surface area contributed by atoms with Crippen molar-refractivity contribution in [1.29, 1.82) is 0 Å². The molecule has 7 heteroatoms. The number of rotatable bonds is 5. The highest BCUT2D eigenvalue weighted by molar-refractivity contribution is 5.91. The van der Waals surface area contributed by atoms with E-state index in [9.17, 15) is 0 Å². The van der Waals surface area contributed by atoms with Crippen molar-refractivity contribution in [3.8, 4) is 11.3 Å². The molecular weight excluding hydrogens is 398 g/mol. The minimum absolute atomic E-state index is 0.269. The van der Waals surface area contributed by atoms with Crippen LogP contribution in [0, 0.1) is 0 Å². The van der Waals surface area contributed by atoms with E-state index in [1.54, 1.807) is 6.20 Å². The van der Waals surface area contributed by atoms with Crippen LogP contribution >= 0.6 is 0 Å². The maximum absolute atomic E-state index is 5.71. The summed E-state index contributed by atoms with van der Waals surface area (Å²) in [5.74, 6) is 0.269. The summed E-state index contributed by atoms with van der Waals surface area (Å²) in [6.45, 7) is 5.58. The Balaban J connectivity index is 1.28. The smallest absolute Gasteiger partial charge is 0.220 e. The van der Waals surface area contributed by atoms with Crippen LogP contribution in [0.4, 0.5) is 5.95 Å². The van der Waals surface area contributed by atoms with Crippen LogP contribution in [0.25, 0.3) is 34.3 Å². The monoisotopic (exact) mass is 425 g/mol. The lowest BCUT2D eigenvalue weighted by Gasteiger charge is -2.32. The quantitative estimate of drug-likeness (QED) is 0.509. The van der Waals surface area contributed by atoms with E-state index in [0.717, 1.165) is 66.1 Å². The number of nitrogen functional groups attached to an aromatic ring is 1. The Kier molecular flexibility index (Phi) is 5.66. The summed E-state index contributed by atoms with van der Waals surface area (Å²) in [5, 5.41) is 8.67. The van der Waals surface area contributed by atoms with Gasteiger partial charge in [-0.15, -0.1) is 0 Å². The van der Waals surface area contributed by atoms with Crippen LogP contribution in [0.3, 0.4) is 0 Å². The molecule has 0 amide bonds. The van der Waals surface area contributed by atoms with Crippen LogP contribution in [0.2, 0.25) is 0 Å². The van der Waals surface area contributed by atoms with E-state index in [0.29, 0.717) is 0 Å². The van der Waals surface area contributed by atoms with Crippen LogP contribution in [0.15, 0.2) is 54.7 Å². The third-order valence-electron chi connectivity index (χ3n) is 5.98. The number of nitrogens with two attached hydrogens (primary N) is 1. The van der Waals surface area contributed by atoms with Crippen molar-refractivity contribution in [3.05, 3.63) is 71.5 Å². The molecule has 0 bridgehead atoms. The molecule has 0 saturated carbocycles. The number of hydrogen-bond acceptors (Lipinski definition) is 6. The number of nitrogens with one attached hydrogen (secondary N) is 1. The molecule has 0 atom stereocenters. The van der Waals surface area contributed by atoms with E-state index >= 15 is 0 Å². The first-order chi connectivity index (χ1) is 15.6. The van der Waals surface area contributed by atoms with E-state index < -0.39 is 0 Å². The lowest BCUT2D eigenvalue weighted by Crippen LogP contribution is -2.43. The molecule has 2 aromatic heterocycles. The average Bonchev–Trinajstić information content (AvgIpc) is 3.22. The molecule has 7 nitrogen and oxygen atoms in total. The lowest BCUT2D eigenvalue weighted by molar-refractivity contribution is 0.148. The van der Waals surface area contributed by atoms with Crippen molar-refractivity contribution >= 4 is 29.0 Å². The molecule has 4 aromatic rings. The van der Waals surface area contributed by atoms with Crippen LogP contribution in [0.1, 0.15) is 16.8 Å². The van der Waals surface area contributed by atoms with Gasteiger partial charge in [-0.2, -0.15) is 5.10 Å². The summed E-state index contributed by atoms with van der Waals surface area (Å²) in [6.07, 6.45) is 5.82. The molecule has 3 N–H and O–H groups in total. The van der Waals surface area contributed by atoms with Gasteiger partial charge in [-0.3, -0.25) is 10.00 Å². The fraction of sp³-hybridized carbons (Fsp3) is 0.240. The molecule has 0 aliphatic carbocycles. The van der Waals surface area contributed by atoms with Crippen molar-refractivity contribution in [2.24, 2.45) is 0 Å². The summed E-state index contributed by atoms with van der Waals surface area (Å²) in [4.78, 5) is 13.2. The normalized spacial score (nSPS) is 15.7. The van der Waals surface area contributed by atoms with Gasteiger partial charge in [0.25, 0.3) is 0 Å². The zero-order valence-corrected chi connectivity index (χ0v) is 18.2. The van der Waals surface area contributed by atoms with E-state index in [4.69, 9.17) is 5.73 Å². The highest BCUT2D eigenvalue weighted by atomic mass is 15.2. The van der Waals surface area contributed by atoms with Crippen LogP contribution in [-0.4, -0.2) is 63.2 Å². The second-order valence-corrected chi connectivity index (χ2v) is 8.32. The van der Waals surface area contributed by atoms with Gasteiger partial charge in [0.15, 0.2) is 0 Å². The summed E-state index contributed by atoms with van der Waals surface area (Å²) in [6, 6.07) is 16.8. The summed E-state index contributed by atoms with van der Waals surface area (Å²) < 4.78 is 0. The molecule has 162 valence electrons. The Morgan fingerprint density at radius 1 is 1.00 bits per heavy atom. The van der Waals surface area contributed by atoms with Gasteiger partial charge >= 0.3 is 0 Å². The number of nitrogens with zero attached hydrogens (tertiary/aromatic N) is 5. The molecule has 3 heterocycles. The predicted molar refractivity (Wildman–Crippen MR) is 130 cm³/mol. The van der Waals surface area contributed by atoms with Crippen molar-refractivity contribution in [3.63, 3.8) is 0 Å². The maximum atomic E-state index is 5.71. The van der Waals surface area contributed by atoms with Gasteiger partial charge in [-0.25, -0.2) is 9.97 Å². The lowest BCUT2D eigenvalue weighted by atomic mass is 10.1. The number of hydrogen-bond donors (Lipinski definition) is 2. The second kappa shape index (κ2) is 8.90. The number of H-pyrrole nitrogens is 1. The number of aromatic amines is 1. The fourth-order valence-electron chi connectivity index (χ4n) is 4.04. The molecule has 32 heavy (non-hydrogen) atoms. The Labute approximate surface area is 187 Å². The molecule has 1 aliphatic heterocycles. The third kappa shape index (κ3) is 4.54. The highest BCUT2D eigenvalue weighted by Crippen LogP contribution is 2.25. The highest BCUT2D eigenvalue weighted by Gasteiger charge is 2.13. The Bertz CT molecular complexity index is 1230. The van der Waals surface area contributed by atoms with Gasteiger partial charge in [0.1, 0.15) is 0 Å². The molecule has 0 spiro atoms. The molecule has 0 radical (unpaired) electrons. The first kappa shape index (κ1) is 20.4. The van der Waals surface area contributed by atoms with Gasteiger partial charge in [0.2, 0.25) is 5.95 Å². The number of benzene rings is 2. The van der Waals surface area contributed by atoms with E-state index in [1.807, 2.05) is 18.2 Å². The second-order valence-electron chi connectivity index (χ2n) is 8.32. The minimum Gasteiger partial charge on any atom is -0.368 e. The standard InChI is InChI=1S/C25H27N7/c1-31-12-14-32(15-13-31)17-19-4-2-18(3-5-19)6-9-23-21-8-7-20(16-24(21)30-29-23)22-10-11-27-25(26)28-22/h2-11,16H,12-15,17H2,1H3,(H,29,30)(H2,26,27,28). The van der Waals surface area contributed by atoms with Crippen LogP contribution in [0.5, 0.6) is 0 Å². The van der Waals surface area contributed by atoms with E-state index in [1.165, 1.54) is 5.56 Å². The molecule has 2 aromatic carbocycles. The minimum atomic E-state index is 0.269. The predicted octanol–water partition coefficient (Wildman–Crippen LogP) is 3.52. The Morgan fingerprint density at radius 2 is 1.81 bits per heavy atom. The van der Waals surface area contributed by atoms with Crippen LogP contribution < -0.4 is 5.73 Å². The SMILES string of the molecule is CN1CCN(Cc2ccc(C=Cc3n[nH]c4cc(-c5ccnc(N)n5)ccc34)cc2)CC1. The summed E-state index contributed by atoms with van der Waals surface area (Å²) in [7, 11) is 2.19. The Morgan fingerprint density at radius 3 is 2.59 bits per heavy atom. The summed E-state index contributed by atoms with van der Waals surface area (Å²) in [5.41, 5.74) is 11.9. The first-order valence-corrected chi connectivity index (χ1v) is 10.9. The van der Waals surface area contributed by atoms with Crippen LogP contribution in [-0.2, 0) is 6.54 Å². The number of fused-ring (bicyclic) bond motifs is 1. The first-order valence-electron chi connectivity index (χ1n) is 10.9. The van der Waals surface area contributed by atoms with Crippen molar-refractivity contribution < 1.29 is 0 Å². The van der Waals surface area contributed by atoms with Crippen molar-refractivity contribution in [1.82, 2.24) is 30.0 Å². The number of anilines is 1. The van der Waals surface area contributed by atoms with Crippen molar-refractivity contribution in [2.75, 3.05) is 39.0 Å². The fourth-order valence-corrected chi connectivity index (χ4v) is 4.04. The molecule has 5 rings (SSSR count). The average molecular weight is 426 g/mol. The van der Waals surface area contributed by atoms with Gasteiger partial charge < -0.3 is 10.6 Å². The van der Waals surface area contributed by atoms with E-state index in [-0.39, 0.29) is 5.95 Å². The largest absolute Gasteiger partial charge is 0.368 e. The number of piperazine rings is 1. The molecule has 0 unspecified atom stereocenters. The number of aromatic nitrogens is 4. The topological polar surface area (TPSA) is 87.0 Å². The molecular formula is C25H27N7. The zero-order valence-electron chi connectivity index (χ0n) is 18.2. The van der Waals surface area contributed by atoms with Gasteiger partial charge in [-0.1, -0.05) is 36.4 Å². The summed E-state index contributed by atoms with van der Waals surface area (Å²) >= 11 is 0. The molecule has 1 saturated heterocycles. The Hall–Kier alpha value is -3.55. The van der Waals surface area contributed by atoms with Gasteiger partial charge in [0.05, 0.1) is 16.9 Å².